The highest BCUT2D eigenvalue weighted by atomic mass is 35.5. The maximum absolute atomic E-state index is 12.2. The molecule has 2 aromatic rings. The molecule has 0 aliphatic heterocycles. The fourth-order valence-electron chi connectivity index (χ4n) is 1.77. The molecule has 5 nitrogen and oxygen atoms in total. The van der Waals surface area contributed by atoms with Crippen LogP contribution >= 0.6 is 11.6 Å². The third-order valence-corrected chi connectivity index (χ3v) is 3.04. The molecule has 0 spiro atoms. The number of carbonyl (C=O) groups is 2. The van der Waals surface area contributed by atoms with Gasteiger partial charge in [-0.3, -0.25) is 4.79 Å². The highest BCUT2D eigenvalue weighted by Crippen LogP contribution is 2.23. The van der Waals surface area contributed by atoms with Crippen LogP contribution in [0.2, 0.25) is 5.02 Å². The zero-order valence-corrected chi connectivity index (χ0v) is 10.8. The van der Waals surface area contributed by atoms with Crippen LogP contribution in [0, 0.1) is 0 Å². The summed E-state index contributed by atoms with van der Waals surface area (Å²) in [6.45, 7) is 0. The summed E-state index contributed by atoms with van der Waals surface area (Å²) >= 11 is 5.96. The minimum Gasteiger partial charge on any atom is -0.477 e. The second-order valence-electron chi connectivity index (χ2n) is 4.10. The van der Waals surface area contributed by atoms with Crippen molar-refractivity contribution in [3.8, 4) is 0 Å². The number of hydrogen-bond donors (Lipinski definition) is 2. The van der Waals surface area contributed by atoms with Crippen molar-refractivity contribution in [2.24, 2.45) is 7.05 Å². The number of halogens is 1. The van der Waals surface area contributed by atoms with Crippen LogP contribution in [0.3, 0.4) is 0 Å². The van der Waals surface area contributed by atoms with Gasteiger partial charge in [-0.1, -0.05) is 11.6 Å². The van der Waals surface area contributed by atoms with E-state index in [1.165, 1.54) is 29.0 Å². The molecule has 0 fully saturated rings. The third kappa shape index (κ3) is 2.46. The Morgan fingerprint density at radius 2 is 2.00 bits per heavy atom. The molecule has 1 aromatic carbocycles. The first-order valence-electron chi connectivity index (χ1n) is 5.39. The van der Waals surface area contributed by atoms with Gasteiger partial charge in [-0.25, -0.2) is 4.79 Å². The van der Waals surface area contributed by atoms with E-state index in [0.717, 1.165) is 0 Å². The number of anilines is 1. The largest absolute Gasteiger partial charge is 0.477 e. The molecular weight excluding hydrogens is 268 g/mol. The number of aromatic nitrogens is 1. The molecule has 2 rings (SSSR count). The molecule has 0 atom stereocenters. The Bertz CT molecular complexity index is 677. The summed E-state index contributed by atoms with van der Waals surface area (Å²) in [6.07, 6.45) is 1.46. The van der Waals surface area contributed by atoms with E-state index >= 15 is 0 Å². The molecule has 1 heterocycles. The van der Waals surface area contributed by atoms with Crippen LogP contribution in [-0.4, -0.2) is 21.4 Å². The fourth-order valence-corrected chi connectivity index (χ4v) is 2.05. The standard InChI is InChI=1S/C13H11ClN2O3/c1-16-6-7(4-11(16)13(18)19)12(17)9-3-2-8(15)5-10(9)14/h2-6H,15H2,1H3,(H,18,19). The van der Waals surface area contributed by atoms with Crippen molar-refractivity contribution in [1.29, 1.82) is 0 Å². The Labute approximate surface area is 114 Å². The lowest BCUT2D eigenvalue weighted by molar-refractivity contribution is 0.0686. The van der Waals surface area contributed by atoms with Crippen LogP contribution in [0.5, 0.6) is 0 Å². The molecule has 1 aromatic heterocycles. The minimum absolute atomic E-state index is 0.0370. The number of aromatic carboxylic acids is 1. The van der Waals surface area contributed by atoms with E-state index in [0.29, 0.717) is 11.3 Å². The SMILES string of the molecule is Cn1cc(C(=O)c2ccc(N)cc2Cl)cc1C(=O)O. The lowest BCUT2D eigenvalue weighted by Crippen LogP contribution is -2.02. The Hall–Kier alpha value is -2.27. The molecule has 0 aliphatic rings. The summed E-state index contributed by atoms with van der Waals surface area (Å²) in [4.78, 5) is 23.2. The number of benzene rings is 1. The van der Waals surface area contributed by atoms with E-state index in [9.17, 15) is 9.59 Å². The number of carboxylic acids is 1. The smallest absolute Gasteiger partial charge is 0.352 e. The van der Waals surface area contributed by atoms with E-state index in [1.54, 1.807) is 13.1 Å². The Morgan fingerprint density at radius 3 is 2.53 bits per heavy atom. The number of hydrogen-bond acceptors (Lipinski definition) is 3. The normalized spacial score (nSPS) is 10.4. The van der Waals surface area contributed by atoms with Crippen molar-refractivity contribution in [3.63, 3.8) is 0 Å². The van der Waals surface area contributed by atoms with Gasteiger partial charge in [0.25, 0.3) is 0 Å². The summed E-state index contributed by atoms with van der Waals surface area (Å²) in [7, 11) is 1.56. The van der Waals surface area contributed by atoms with Crippen molar-refractivity contribution in [3.05, 3.63) is 52.3 Å². The summed E-state index contributed by atoms with van der Waals surface area (Å²) in [6, 6.07) is 5.89. The number of nitrogen functional groups attached to an aromatic ring is 1. The highest BCUT2D eigenvalue weighted by Gasteiger charge is 2.18. The van der Waals surface area contributed by atoms with E-state index in [1.807, 2.05) is 0 Å². The van der Waals surface area contributed by atoms with Crippen LogP contribution in [0.1, 0.15) is 26.4 Å². The molecule has 3 N–H and O–H groups in total. The van der Waals surface area contributed by atoms with Gasteiger partial charge in [-0.2, -0.15) is 0 Å². The Morgan fingerprint density at radius 1 is 1.32 bits per heavy atom. The quantitative estimate of drug-likeness (QED) is 0.666. The van der Waals surface area contributed by atoms with Crippen LogP contribution in [0.25, 0.3) is 0 Å². The number of nitrogens with zero attached hydrogens (tertiary/aromatic N) is 1. The summed E-state index contributed by atoms with van der Waals surface area (Å²) in [5.41, 5.74) is 6.61. The van der Waals surface area contributed by atoms with Crippen LogP contribution in [0.15, 0.2) is 30.5 Å². The van der Waals surface area contributed by atoms with Crippen LogP contribution in [-0.2, 0) is 7.05 Å². The van der Waals surface area contributed by atoms with Gasteiger partial charge >= 0.3 is 5.97 Å². The number of carboxylic acid groups (broad SMARTS) is 1. The van der Waals surface area contributed by atoms with Gasteiger partial charge in [0.15, 0.2) is 5.78 Å². The predicted molar refractivity (Wildman–Crippen MR) is 71.7 cm³/mol. The van der Waals surface area contributed by atoms with Gasteiger partial charge < -0.3 is 15.4 Å². The van der Waals surface area contributed by atoms with Crippen molar-refractivity contribution >= 4 is 29.0 Å². The zero-order chi connectivity index (χ0) is 14.2. The summed E-state index contributed by atoms with van der Waals surface area (Å²) in [5, 5.41) is 9.19. The van der Waals surface area contributed by atoms with Gasteiger partial charge in [0.05, 0.1) is 5.02 Å². The minimum atomic E-state index is -1.09. The maximum atomic E-state index is 12.2. The van der Waals surface area contributed by atoms with Gasteiger partial charge in [-0.15, -0.1) is 0 Å². The first kappa shape index (κ1) is 13.2. The number of aryl methyl sites for hydroxylation is 1. The number of nitrogens with two attached hydrogens (primary N) is 1. The molecule has 0 saturated carbocycles. The molecule has 0 bridgehead atoms. The average Bonchev–Trinajstić information content (AvgIpc) is 2.70. The van der Waals surface area contributed by atoms with Crippen molar-refractivity contribution in [2.75, 3.05) is 5.73 Å². The lowest BCUT2D eigenvalue weighted by Gasteiger charge is -2.02. The van der Waals surface area contributed by atoms with Crippen molar-refractivity contribution in [2.45, 2.75) is 0 Å². The molecule has 0 unspecified atom stereocenters. The molecule has 98 valence electrons. The lowest BCUT2D eigenvalue weighted by atomic mass is 10.1. The maximum Gasteiger partial charge on any atom is 0.352 e. The topological polar surface area (TPSA) is 85.3 Å². The fraction of sp³-hybridized carbons (Fsp3) is 0.0769. The second-order valence-corrected chi connectivity index (χ2v) is 4.51. The highest BCUT2D eigenvalue weighted by molar-refractivity contribution is 6.35. The second kappa shape index (κ2) is 4.78. The Balaban J connectivity index is 2.44. The molecule has 19 heavy (non-hydrogen) atoms. The summed E-state index contributed by atoms with van der Waals surface area (Å²) in [5.74, 6) is -1.43. The van der Waals surface area contributed by atoms with Gasteiger partial charge in [0.1, 0.15) is 5.69 Å². The van der Waals surface area contributed by atoms with Crippen LogP contribution in [0.4, 0.5) is 5.69 Å². The van der Waals surface area contributed by atoms with Gasteiger partial charge in [-0.05, 0) is 24.3 Å². The van der Waals surface area contributed by atoms with Crippen molar-refractivity contribution < 1.29 is 14.7 Å². The molecular formula is C13H11ClN2O3. The van der Waals surface area contributed by atoms with E-state index in [-0.39, 0.29) is 22.1 Å². The molecule has 6 heteroatoms. The van der Waals surface area contributed by atoms with Gasteiger partial charge in [0, 0.05) is 30.1 Å². The first-order chi connectivity index (χ1) is 8.90. The van der Waals surface area contributed by atoms with Crippen LogP contribution < -0.4 is 5.73 Å². The Kier molecular flexibility index (Phi) is 3.31. The number of carbonyl (C=O) groups excluding carboxylic acids is 1. The molecule has 0 aliphatic carbocycles. The summed E-state index contributed by atoms with van der Waals surface area (Å²) < 4.78 is 1.38. The first-order valence-corrected chi connectivity index (χ1v) is 5.77. The van der Waals surface area contributed by atoms with E-state index < -0.39 is 5.97 Å². The van der Waals surface area contributed by atoms with Gasteiger partial charge in [0.2, 0.25) is 0 Å². The number of ketones is 1. The average molecular weight is 279 g/mol. The predicted octanol–water partition coefficient (Wildman–Crippen LogP) is 2.19. The number of rotatable bonds is 3. The van der Waals surface area contributed by atoms with E-state index in [4.69, 9.17) is 22.4 Å². The zero-order valence-electron chi connectivity index (χ0n) is 10.1. The van der Waals surface area contributed by atoms with Crippen molar-refractivity contribution in [1.82, 2.24) is 4.57 Å². The monoisotopic (exact) mass is 278 g/mol. The third-order valence-electron chi connectivity index (χ3n) is 2.72. The van der Waals surface area contributed by atoms with E-state index in [2.05, 4.69) is 0 Å². The molecule has 0 radical (unpaired) electrons. The molecule has 0 amide bonds. The molecule has 0 saturated heterocycles.